The molecule has 0 spiro atoms. The van der Waals surface area contributed by atoms with Gasteiger partial charge in [-0.15, -0.1) is 0 Å². The van der Waals surface area contributed by atoms with Crippen molar-refractivity contribution in [2.24, 2.45) is 0 Å². The molecule has 8 heteroatoms. The van der Waals surface area contributed by atoms with Gasteiger partial charge in [0.05, 0.1) is 24.5 Å². The maximum atomic E-state index is 13.8. The summed E-state index contributed by atoms with van der Waals surface area (Å²) in [5.74, 6) is -2.35. The van der Waals surface area contributed by atoms with Gasteiger partial charge in [0, 0.05) is 12.6 Å². The van der Waals surface area contributed by atoms with Gasteiger partial charge in [-0.2, -0.15) is 0 Å². The Bertz CT molecular complexity index is 823. The van der Waals surface area contributed by atoms with Crippen LogP contribution in [0, 0.1) is 11.6 Å². The topological polar surface area (TPSA) is 76.7 Å². The lowest BCUT2D eigenvalue weighted by Gasteiger charge is -2.12. The molecule has 0 aromatic heterocycles. The molecular formula is C19H20F2N2O4. The lowest BCUT2D eigenvalue weighted by molar-refractivity contribution is 0.0595. The van der Waals surface area contributed by atoms with Crippen molar-refractivity contribution >= 4 is 17.7 Å². The Labute approximate surface area is 155 Å². The number of halogens is 2. The molecule has 2 amide bonds. The molecule has 0 aliphatic rings. The third-order valence-corrected chi connectivity index (χ3v) is 3.46. The van der Waals surface area contributed by atoms with Crippen molar-refractivity contribution in [2.45, 2.75) is 26.5 Å². The molecule has 0 saturated heterocycles. The van der Waals surface area contributed by atoms with Gasteiger partial charge in [0.15, 0.2) is 0 Å². The fourth-order valence-corrected chi connectivity index (χ4v) is 2.22. The number of carbonyl (C=O) groups is 2. The Morgan fingerprint density at radius 3 is 2.33 bits per heavy atom. The summed E-state index contributed by atoms with van der Waals surface area (Å²) < 4.78 is 37.4. The van der Waals surface area contributed by atoms with Crippen molar-refractivity contribution in [3.63, 3.8) is 0 Å². The third-order valence-electron chi connectivity index (χ3n) is 3.46. The summed E-state index contributed by atoms with van der Waals surface area (Å²) in [6.07, 6.45) is 0.0558. The van der Waals surface area contributed by atoms with Crippen LogP contribution in [0.25, 0.3) is 0 Å². The van der Waals surface area contributed by atoms with Gasteiger partial charge in [-0.05, 0) is 37.6 Å². The molecule has 2 aromatic carbocycles. The fraction of sp³-hybridized carbons (Fsp3) is 0.263. The molecule has 0 aliphatic carbocycles. The van der Waals surface area contributed by atoms with E-state index in [-0.39, 0.29) is 18.3 Å². The van der Waals surface area contributed by atoms with Gasteiger partial charge < -0.3 is 20.1 Å². The lowest BCUT2D eigenvalue weighted by Crippen LogP contribution is -2.28. The second-order valence-electron chi connectivity index (χ2n) is 5.92. The molecule has 2 N–H and O–H groups in total. The number of benzene rings is 2. The largest absolute Gasteiger partial charge is 0.491 e. The van der Waals surface area contributed by atoms with E-state index in [1.165, 1.54) is 0 Å². The zero-order chi connectivity index (χ0) is 20.0. The maximum absolute atomic E-state index is 13.8. The zero-order valence-corrected chi connectivity index (χ0v) is 15.1. The van der Waals surface area contributed by atoms with Crippen molar-refractivity contribution < 1.29 is 27.8 Å². The standard InChI is InChI=1S/C19H20F2N2O4/c1-11(2)27-13-6-4-12(5-7-13)10-22-19(25)23-17-8-14(18(24)26-3)15(20)9-16(17)21/h4-9,11H,10H2,1-3H3,(H2,22,23,25). The van der Waals surface area contributed by atoms with Gasteiger partial charge >= 0.3 is 12.0 Å². The van der Waals surface area contributed by atoms with Crippen LogP contribution in [0.2, 0.25) is 0 Å². The first kappa shape index (κ1) is 20.2. The number of carbonyl (C=O) groups excluding carboxylic acids is 2. The van der Waals surface area contributed by atoms with E-state index in [9.17, 15) is 18.4 Å². The van der Waals surface area contributed by atoms with Crippen LogP contribution >= 0.6 is 0 Å². The first-order valence-electron chi connectivity index (χ1n) is 8.18. The summed E-state index contributed by atoms with van der Waals surface area (Å²) >= 11 is 0. The van der Waals surface area contributed by atoms with Crippen LogP contribution in [0.1, 0.15) is 29.8 Å². The van der Waals surface area contributed by atoms with Crippen molar-refractivity contribution in [1.82, 2.24) is 5.32 Å². The number of rotatable bonds is 6. The van der Waals surface area contributed by atoms with Crippen LogP contribution in [0.15, 0.2) is 36.4 Å². The predicted molar refractivity (Wildman–Crippen MR) is 95.8 cm³/mol. The number of amides is 2. The van der Waals surface area contributed by atoms with Gasteiger partial charge in [-0.1, -0.05) is 12.1 Å². The normalized spacial score (nSPS) is 10.4. The van der Waals surface area contributed by atoms with Gasteiger partial charge in [-0.25, -0.2) is 18.4 Å². The highest BCUT2D eigenvalue weighted by atomic mass is 19.1. The van der Waals surface area contributed by atoms with E-state index in [0.29, 0.717) is 11.8 Å². The van der Waals surface area contributed by atoms with Crippen LogP contribution in [0.3, 0.4) is 0 Å². The molecule has 0 fully saturated rings. The van der Waals surface area contributed by atoms with Gasteiger partial charge in [0.25, 0.3) is 0 Å². The van der Waals surface area contributed by atoms with E-state index in [0.717, 1.165) is 18.7 Å². The summed E-state index contributed by atoms with van der Waals surface area (Å²) in [7, 11) is 1.07. The second-order valence-corrected chi connectivity index (χ2v) is 5.92. The molecule has 6 nitrogen and oxygen atoms in total. The highest BCUT2D eigenvalue weighted by Gasteiger charge is 2.17. The summed E-state index contributed by atoms with van der Waals surface area (Å²) in [6.45, 7) is 4.01. The molecule has 0 bridgehead atoms. The lowest BCUT2D eigenvalue weighted by atomic mass is 10.2. The van der Waals surface area contributed by atoms with Crippen molar-refractivity contribution in [3.05, 3.63) is 59.2 Å². The van der Waals surface area contributed by atoms with Gasteiger partial charge in [-0.3, -0.25) is 0 Å². The average Bonchev–Trinajstić information content (AvgIpc) is 2.62. The quantitative estimate of drug-likeness (QED) is 0.749. The molecule has 0 aliphatic heterocycles. The monoisotopic (exact) mass is 378 g/mol. The predicted octanol–water partition coefficient (Wildman–Crippen LogP) is 3.86. The van der Waals surface area contributed by atoms with Crippen LogP contribution in [-0.4, -0.2) is 25.2 Å². The molecule has 0 saturated carbocycles. The summed E-state index contributed by atoms with van der Waals surface area (Å²) in [6, 6.07) is 7.80. The van der Waals surface area contributed by atoms with Crippen LogP contribution < -0.4 is 15.4 Å². The van der Waals surface area contributed by atoms with Crippen molar-refractivity contribution in [1.29, 1.82) is 0 Å². The molecular weight excluding hydrogens is 358 g/mol. The Kier molecular flexibility index (Phi) is 6.70. The molecule has 144 valence electrons. The first-order chi connectivity index (χ1) is 12.8. The smallest absolute Gasteiger partial charge is 0.340 e. The van der Waals surface area contributed by atoms with E-state index in [2.05, 4.69) is 15.4 Å². The highest BCUT2D eigenvalue weighted by Crippen LogP contribution is 2.20. The third kappa shape index (κ3) is 5.67. The van der Waals surface area contributed by atoms with Crippen LogP contribution in [-0.2, 0) is 11.3 Å². The number of urea groups is 1. The van der Waals surface area contributed by atoms with E-state index < -0.39 is 29.2 Å². The molecule has 0 heterocycles. The minimum Gasteiger partial charge on any atom is -0.491 e. The Morgan fingerprint density at radius 1 is 1.07 bits per heavy atom. The maximum Gasteiger partial charge on any atom is 0.340 e. The van der Waals surface area contributed by atoms with Crippen molar-refractivity contribution in [2.75, 3.05) is 12.4 Å². The molecule has 2 rings (SSSR count). The molecule has 0 unspecified atom stereocenters. The average molecular weight is 378 g/mol. The van der Waals surface area contributed by atoms with Gasteiger partial charge in [0.2, 0.25) is 0 Å². The summed E-state index contributed by atoms with van der Waals surface area (Å²) in [5.41, 5.74) is -0.0130. The first-order valence-corrected chi connectivity index (χ1v) is 8.18. The van der Waals surface area contributed by atoms with Gasteiger partial charge in [0.1, 0.15) is 17.4 Å². The van der Waals surface area contributed by atoms with Crippen LogP contribution in [0.4, 0.5) is 19.3 Å². The Morgan fingerprint density at radius 2 is 1.74 bits per heavy atom. The SMILES string of the molecule is COC(=O)c1cc(NC(=O)NCc2ccc(OC(C)C)cc2)c(F)cc1F. The number of nitrogens with one attached hydrogen (secondary N) is 2. The molecule has 0 radical (unpaired) electrons. The number of esters is 1. The number of methoxy groups -OCH3 is 1. The highest BCUT2D eigenvalue weighted by molar-refractivity contribution is 5.94. The number of hydrogen-bond donors (Lipinski definition) is 2. The fourth-order valence-electron chi connectivity index (χ4n) is 2.22. The second kappa shape index (κ2) is 8.98. The van der Waals surface area contributed by atoms with E-state index in [1.54, 1.807) is 24.3 Å². The summed E-state index contributed by atoms with van der Waals surface area (Å²) in [4.78, 5) is 23.4. The number of anilines is 1. The van der Waals surface area contributed by atoms with Crippen molar-refractivity contribution in [3.8, 4) is 5.75 Å². The molecule has 27 heavy (non-hydrogen) atoms. The Hall–Kier alpha value is -3.16. The summed E-state index contributed by atoms with van der Waals surface area (Å²) in [5, 5.41) is 4.79. The van der Waals surface area contributed by atoms with E-state index >= 15 is 0 Å². The number of hydrogen-bond acceptors (Lipinski definition) is 4. The Balaban J connectivity index is 1.98. The molecule has 0 atom stereocenters. The molecule has 2 aromatic rings. The minimum atomic E-state index is -1.07. The van der Waals surface area contributed by atoms with E-state index in [4.69, 9.17) is 4.74 Å². The van der Waals surface area contributed by atoms with E-state index in [1.807, 2.05) is 13.8 Å². The zero-order valence-electron chi connectivity index (χ0n) is 15.1. The number of ether oxygens (including phenoxy) is 2. The minimum absolute atomic E-state index is 0.0558. The van der Waals surface area contributed by atoms with Crippen LogP contribution in [0.5, 0.6) is 5.75 Å².